The molecule has 3 aromatic rings. The molecule has 14 heteroatoms. The van der Waals surface area contributed by atoms with Crippen LogP contribution in [0.25, 0.3) is 0 Å². The van der Waals surface area contributed by atoms with Gasteiger partial charge in [-0.3, -0.25) is 14.0 Å². The third-order valence-corrected chi connectivity index (χ3v) is 6.42. The minimum Gasteiger partial charge on any atom is -0.324 e. The molecule has 3 heterocycles. The number of amides is 1. The highest BCUT2D eigenvalue weighted by Gasteiger charge is 2.27. The van der Waals surface area contributed by atoms with E-state index in [2.05, 4.69) is 25.6 Å². The van der Waals surface area contributed by atoms with Crippen LogP contribution in [0.15, 0.2) is 42.7 Å². The van der Waals surface area contributed by atoms with Crippen LogP contribution in [0.5, 0.6) is 0 Å². The fraction of sp³-hybridized carbons (Fsp3) is 0.238. The molecule has 0 radical (unpaired) electrons. The number of hydrogen-bond acceptors (Lipinski definition) is 8. The highest BCUT2D eigenvalue weighted by atomic mass is 32.2. The summed E-state index contributed by atoms with van der Waals surface area (Å²) in [6, 6.07) is 7.94. The van der Waals surface area contributed by atoms with E-state index in [-0.39, 0.29) is 29.7 Å². The summed E-state index contributed by atoms with van der Waals surface area (Å²) in [5, 5.41) is 5.52. The van der Waals surface area contributed by atoms with Gasteiger partial charge in [-0.25, -0.2) is 22.8 Å². The summed E-state index contributed by atoms with van der Waals surface area (Å²) in [6.07, 6.45) is 3.20. The first kappa shape index (κ1) is 24.2. The van der Waals surface area contributed by atoms with Crippen LogP contribution in [0.4, 0.5) is 42.1 Å². The predicted molar refractivity (Wildman–Crippen MR) is 124 cm³/mol. The van der Waals surface area contributed by atoms with Crippen LogP contribution < -0.4 is 19.8 Å². The number of benzene rings is 1. The predicted octanol–water partition coefficient (Wildman–Crippen LogP) is 2.87. The van der Waals surface area contributed by atoms with Crippen LogP contribution in [-0.2, 0) is 27.8 Å². The Morgan fingerprint density at radius 1 is 1.17 bits per heavy atom. The van der Waals surface area contributed by atoms with Crippen molar-refractivity contribution in [3.63, 3.8) is 0 Å². The molecule has 0 saturated carbocycles. The second kappa shape index (κ2) is 9.37. The lowest BCUT2D eigenvalue weighted by molar-refractivity contribution is -0.115. The van der Waals surface area contributed by atoms with Gasteiger partial charge in [-0.2, -0.15) is 13.8 Å². The summed E-state index contributed by atoms with van der Waals surface area (Å²) in [7, 11) is -2.50. The van der Waals surface area contributed by atoms with Crippen molar-refractivity contribution in [2.45, 2.75) is 19.5 Å². The average molecular weight is 507 g/mol. The number of pyridine rings is 1. The van der Waals surface area contributed by atoms with E-state index in [0.29, 0.717) is 16.3 Å². The maximum absolute atomic E-state index is 14.6. The molecular weight excluding hydrogens is 487 g/mol. The lowest BCUT2D eigenvalue weighted by Gasteiger charge is -2.26. The van der Waals surface area contributed by atoms with E-state index in [1.165, 1.54) is 25.4 Å². The molecule has 4 rings (SSSR count). The third-order valence-electron chi connectivity index (χ3n) is 5.25. The third kappa shape index (κ3) is 5.11. The molecule has 1 aliphatic heterocycles. The zero-order valence-electron chi connectivity index (χ0n) is 18.5. The van der Waals surface area contributed by atoms with Gasteiger partial charge < -0.3 is 10.6 Å². The first-order valence-electron chi connectivity index (χ1n) is 10.2. The highest BCUT2D eigenvalue weighted by molar-refractivity contribution is 7.92. The van der Waals surface area contributed by atoms with Crippen LogP contribution in [-0.4, -0.2) is 49.1 Å². The molecular formula is C21H20F3N7O3S. The lowest BCUT2D eigenvalue weighted by Crippen LogP contribution is -2.32. The Balaban J connectivity index is 1.67. The van der Waals surface area contributed by atoms with E-state index in [9.17, 15) is 26.4 Å². The van der Waals surface area contributed by atoms with E-state index in [4.69, 9.17) is 0 Å². The molecule has 0 aliphatic carbocycles. The fourth-order valence-electron chi connectivity index (χ4n) is 3.51. The zero-order valence-corrected chi connectivity index (χ0v) is 19.4. The Kier molecular flexibility index (Phi) is 6.47. The van der Waals surface area contributed by atoms with Crippen LogP contribution in [0.3, 0.4) is 0 Å². The molecule has 0 fully saturated rings. The van der Waals surface area contributed by atoms with Gasteiger partial charge >= 0.3 is 6.55 Å². The second-order valence-electron chi connectivity index (χ2n) is 7.68. The quantitative estimate of drug-likeness (QED) is 0.447. The summed E-state index contributed by atoms with van der Waals surface area (Å²) in [6.45, 7) is -3.78. The van der Waals surface area contributed by atoms with Crippen molar-refractivity contribution in [1.29, 1.82) is 0 Å². The van der Waals surface area contributed by atoms with Crippen LogP contribution in [0, 0.1) is 5.82 Å². The number of nitrogens with zero attached hydrogens (tertiary/aromatic N) is 5. The Morgan fingerprint density at radius 2 is 1.94 bits per heavy atom. The molecule has 0 unspecified atom stereocenters. The van der Waals surface area contributed by atoms with Crippen LogP contribution >= 0.6 is 0 Å². The number of aromatic nitrogens is 3. The van der Waals surface area contributed by atoms with Crippen molar-refractivity contribution >= 4 is 44.9 Å². The number of rotatable bonds is 8. The average Bonchev–Trinajstić information content (AvgIpc) is 3.19. The number of sulfonamides is 1. The number of halogens is 3. The van der Waals surface area contributed by atoms with Gasteiger partial charge in [0.25, 0.3) is 0 Å². The largest absolute Gasteiger partial charge is 0.324 e. The second-order valence-corrected chi connectivity index (χ2v) is 9.69. The number of nitrogens with one attached hydrogen (secondary N) is 2. The van der Waals surface area contributed by atoms with Gasteiger partial charge in [-0.05, 0) is 17.7 Å². The van der Waals surface area contributed by atoms with E-state index in [1.54, 1.807) is 18.2 Å². The molecule has 2 N–H and O–H groups in total. The molecule has 10 nitrogen and oxygen atoms in total. The number of anilines is 5. The number of para-hydroxylation sites is 1. The topological polar surface area (TPSA) is 120 Å². The van der Waals surface area contributed by atoms with Gasteiger partial charge in [-0.15, -0.1) is 0 Å². The highest BCUT2D eigenvalue weighted by Crippen LogP contribution is 2.33. The van der Waals surface area contributed by atoms with E-state index < -0.39 is 34.8 Å². The van der Waals surface area contributed by atoms with Crippen molar-refractivity contribution < 1.29 is 26.4 Å². The monoisotopic (exact) mass is 507 g/mol. The minimum absolute atomic E-state index is 0.0796. The van der Waals surface area contributed by atoms with Gasteiger partial charge in [0, 0.05) is 18.8 Å². The van der Waals surface area contributed by atoms with Crippen LogP contribution in [0.2, 0.25) is 0 Å². The van der Waals surface area contributed by atoms with Crippen molar-refractivity contribution in [2.75, 3.05) is 33.1 Å². The smallest absolute Gasteiger partial charge is 0.316 e. The van der Waals surface area contributed by atoms with Crippen molar-refractivity contribution in [1.82, 2.24) is 15.0 Å². The number of alkyl halides is 2. The Hall–Kier alpha value is -3.94. The van der Waals surface area contributed by atoms with Crippen molar-refractivity contribution in [3.8, 4) is 0 Å². The number of carbonyl (C=O) groups excluding carboxylic acids is 1. The van der Waals surface area contributed by atoms with Crippen LogP contribution in [0.1, 0.15) is 11.1 Å². The minimum atomic E-state index is -3.73. The first-order valence-corrected chi connectivity index (χ1v) is 12.0. The van der Waals surface area contributed by atoms with Gasteiger partial charge in [0.15, 0.2) is 11.6 Å². The first-order chi connectivity index (χ1) is 16.5. The van der Waals surface area contributed by atoms with Crippen molar-refractivity contribution in [3.05, 3.63) is 59.7 Å². The molecule has 1 amide bonds. The molecule has 35 heavy (non-hydrogen) atoms. The van der Waals surface area contributed by atoms with Gasteiger partial charge in [0.1, 0.15) is 5.82 Å². The van der Waals surface area contributed by atoms with E-state index in [0.717, 1.165) is 22.3 Å². The summed E-state index contributed by atoms with van der Waals surface area (Å²) >= 11 is 0. The van der Waals surface area contributed by atoms with Gasteiger partial charge in [-0.1, -0.05) is 18.2 Å². The maximum Gasteiger partial charge on any atom is 0.316 e. The zero-order chi connectivity index (χ0) is 25.3. The Bertz CT molecular complexity index is 1390. The normalized spacial score (nSPS) is 12.9. The molecule has 0 bridgehead atoms. The molecule has 184 valence electrons. The SMILES string of the molecule is CN(c1ncccc1CN(c1nc(Nc2cccc3c2NC(=O)C3)ncc1F)C(F)F)S(C)(=O)=O. The molecule has 1 aromatic carbocycles. The molecule has 2 aromatic heterocycles. The van der Waals surface area contributed by atoms with E-state index in [1.807, 2.05) is 0 Å². The molecule has 0 atom stereocenters. The molecule has 0 spiro atoms. The molecule has 0 saturated heterocycles. The summed E-state index contributed by atoms with van der Waals surface area (Å²) < 4.78 is 67.5. The summed E-state index contributed by atoms with van der Waals surface area (Å²) in [5.41, 5.74) is 1.76. The number of hydrogen-bond donors (Lipinski definition) is 2. The summed E-state index contributed by atoms with van der Waals surface area (Å²) in [5.74, 6) is -2.27. The van der Waals surface area contributed by atoms with Gasteiger partial charge in [0.2, 0.25) is 21.9 Å². The number of fused-ring (bicyclic) bond motifs is 1. The number of carbonyl (C=O) groups is 1. The lowest BCUT2D eigenvalue weighted by atomic mass is 10.1. The summed E-state index contributed by atoms with van der Waals surface area (Å²) in [4.78, 5) is 23.8. The maximum atomic E-state index is 14.6. The van der Waals surface area contributed by atoms with Gasteiger partial charge in [0.05, 0.1) is 36.8 Å². The standard InChI is InChI=1S/C21H20F3N7O3S/c1-30(35(2,33)34)18-13(6-4-8-25-18)11-31(20(23)24)19-14(22)10-26-21(29-19)27-15-7-3-5-12-9-16(32)28-17(12)15/h3-8,10,20H,9,11H2,1-2H3,(H,28,32)(H,26,27,29). The fourth-order valence-corrected chi connectivity index (χ4v) is 3.99. The van der Waals surface area contributed by atoms with E-state index >= 15 is 0 Å². The Labute approximate surface area is 198 Å². The van der Waals surface area contributed by atoms with Crippen molar-refractivity contribution in [2.24, 2.45) is 0 Å². The Morgan fingerprint density at radius 3 is 2.66 bits per heavy atom. The molecule has 1 aliphatic rings.